The highest BCUT2D eigenvalue weighted by molar-refractivity contribution is 7.20. The monoisotopic (exact) mass is 427 g/mol. The molecular formula is C22H25N3O4S. The van der Waals surface area contributed by atoms with Crippen molar-refractivity contribution in [3.8, 4) is 0 Å². The summed E-state index contributed by atoms with van der Waals surface area (Å²) in [5, 5.41) is 0.475. The lowest BCUT2D eigenvalue weighted by molar-refractivity contribution is 0.0363. The number of morpholine rings is 1. The van der Waals surface area contributed by atoms with Crippen molar-refractivity contribution in [1.82, 2.24) is 14.0 Å². The Kier molecular flexibility index (Phi) is 5.99. The molecule has 2 aromatic heterocycles. The molecule has 7 nitrogen and oxygen atoms in total. The third kappa shape index (κ3) is 3.90. The van der Waals surface area contributed by atoms with Crippen molar-refractivity contribution in [3.63, 3.8) is 0 Å². The fraction of sp³-hybridized carbons (Fsp3) is 0.409. The molecule has 0 bridgehead atoms. The average molecular weight is 428 g/mol. The Bertz CT molecular complexity index is 1190. The molecular weight excluding hydrogens is 402 g/mol. The van der Waals surface area contributed by atoms with Crippen molar-refractivity contribution in [1.29, 1.82) is 0 Å². The summed E-state index contributed by atoms with van der Waals surface area (Å²) in [6, 6.07) is 9.47. The number of fused-ring (bicyclic) bond motifs is 1. The van der Waals surface area contributed by atoms with Crippen LogP contribution in [0.25, 0.3) is 10.2 Å². The van der Waals surface area contributed by atoms with E-state index in [2.05, 4.69) is 4.90 Å². The van der Waals surface area contributed by atoms with Crippen molar-refractivity contribution >= 4 is 27.3 Å². The van der Waals surface area contributed by atoms with Gasteiger partial charge in [0.1, 0.15) is 4.83 Å². The maximum Gasteiger partial charge on any atom is 0.332 e. The van der Waals surface area contributed by atoms with Gasteiger partial charge in [-0.25, -0.2) is 4.79 Å². The molecule has 0 N–H and O–H groups in total. The Morgan fingerprint density at radius 3 is 2.43 bits per heavy atom. The van der Waals surface area contributed by atoms with Gasteiger partial charge in [0.05, 0.1) is 30.0 Å². The van der Waals surface area contributed by atoms with Gasteiger partial charge in [-0.3, -0.25) is 23.6 Å². The second-order valence-electron chi connectivity index (χ2n) is 7.56. The van der Waals surface area contributed by atoms with Gasteiger partial charge in [-0.15, -0.1) is 11.3 Å². The molecule has 1 aliphatic heterocycles. The van der Waals surface area contributed by atoms with Crippen molar-refractivity contribution in [2.45, 2.75) is 26.9 Å². The Labute approximate surface area is 178 Å². The second kappa shape index (κ2) is 8.67. The minimum Gasteiger partial charge on any atom is -0.379 e. The molecule has 3 heterocycles. The number of aryl methyl sites for hydroxylation is 1. The summed E-state index contributed by atoms with van der Waals surface area (Å²) in [5.41, 5.74) is 0.883. The SMILES string of the molecule is CC(=O)c1sc2c(c1C)c(=O)n(Cc1ccccc1)c(=O)n2CCN1CCOCC1. The standard InChI is InChI=1S/C22H25N3O4S/c1-15-18-20(27)25(14-17-6-4-3-5-7-17)22(28)24(21(18)30-19(15)16(2)26)9-8-23-10-12-29-13-11-23/h3-7H,8-14H2,1-2H3. The zero-order chi connectivity index (χ0) is 21.3. The molecule has 0 unspecified atom stereocenters. The highest BCUT2D eigenvalue weighted by atomic mass is 32.1. The van der Waals surface area contributed by atoms with Gasteiger partial charge in [-0.1, -0.05) is 30.3 Å². The molecule has 1 fully saturated rings. The lowest BCUT2D eigenvalue weighted by atomic mass is 10.1. The van der Waals surface area contributed by atoms with Crippen LogP contribution >= 0.6 is 11.3 Å². The summed E-state index contributed by atoms with van der Waals surface area (Å²) in [4.78, 5) is 42.2. The van der Waals surface area contributed by atoms with Gasteiger partial charge in [0.15, 0.2) is 5.78 Å². The van der Waals surface area contributed by atoms with Crippen LogP contribution in [0, 0.1) is 6.92 Å². The Morgan fingerprint density at radius 1 is 1.07 bits per heavy atom. The summed E-state index contributed by atoms with van der Waals surface area (Å²) < 4.78 is 8.36. The van der Waals surface area contributed by atoms with Gasteiger partial charge in [0.25, 0.3) is 5.56 Å². The fourth-order valence-corrected chi connectivity index (χ4v) is 5.11. The first-order valence-electron chi connectivity index (χ1n) is 10.1. The first kappa shape index (κ1) is 20.7. The van der Waals surface area contributed by atoms with E-state index in [-0.39, 0.29) is 23.6 Å². The van der Waals surface area contributed by atoms with Crippen molar-refractivity contribution in [3.05, 3.63) is 67.2 Å². The number of hydrogen-bond acceptors (Lipinski definition) is 6. The summed E-state index contributed by atoms with van der Waals surface area (Å²) >= 11 is 1.25. The molecule has 158 valence electrons. The fourth-order valence-electron chi connectivity index (χ4n) is 3.90. The third-order valence-electron chi connectivity index (χ3n) is 5.54. The molecule has 0 amide bonds. The summed E-state index contributed by atoms with van der Waals surface area (Å²) in [5.74, 6) is -0.0881. The topological polar surface area (TPSA) is 73.5 Å². The van der Waals surface area contributed by atoms with Crippen LogP contribution in [0.5, 0.6) is 0 Å². The molecule has 1 aromatic carbocycles. The maximum absolute atomic E-state index is 13.4. The lowest BCUT2D eigenvalue weighted by Gasteiger charge is -2.26. The van der Waals surface area contributed by atoms with Crippen LogP contribution in [0.3, 0.4) is 0 Å². The van der Waals surface area contributed by atoms with Crippen molar-refractivity contribution in [2.24, 2.45) is 0 Å². The Morgan fingerprint density at radius 2 is 1.77 bits per heavy atom. The number of thiophene rings is 1. The normalized spacial score (nSPS) is 15.0. The Balaban J connectivity index is 1.84. The van der Waals surface area contributed by atoms with E-state index in [0.29, 0.717) is 47.0 Å². The molecule has 4 rings (SSSR count). The summed E-state index contributed by atoms with van der Waals surface area (Å²) in [6.45, 7) is 7.66. The first-order valence-corrected chi connectivity index (χ1v) is 10.9. The van der Waals surface area contributed by atoms with Gasteiger partial charge >= 0.3 is 5.69 Å². The largest absolute Gasteiger partial charge is 0.379 e. The first-order chi connectivity index (χ1) is 14.5. The number of carbonyl (C=O) groups excluding carboxylic acids is 1. The van der Waals surface area contributed by atoms with Gasteiger partial charge < -0.3 is 4.74 Å². The summed E-state index contributed by atoms with van der Waals surface area (Å²) in [6.07, 6.45) is 0. The van der Waals surface area contributed by atoms with Crippen LogP contribution in [0.15, 0.2) is 39.9 Å². The van der Waals surface area contributed by atoms with E-state index in [1.807, 2.05) is 30.3 Å². The number of Topliss-reactive ketones (excluding diaryl/α,β-unsaturated/α-hetero) is 1. The molecule has 0 radical (unpaired) electrons. The van der Waals surface area contributed by atoms with E-state index >= 15 is 0 Å². The zero-order valence-corrected chi connectivity index (χ0v) is 18.0. The van der Waals surface area contributed by atoms with Crippen LogP contribution in [0.1, 0.15) is 27.7 Å². The van der Waals surface area contributed by atoms with Crippen LogP contribution < -0.4 is 11.2 Å². The molecule has 0 saturated carbocycles. The second-order valence-corrected chi connectivity index (χ2v) is 8.56. The van der Waals surface area contributed by atoms with E-state index in [4.69, 9.17) is 4.74 Å². The average Bonchev–Trinajstić information content (AvgIpc) is 3.10. The number of nitrogens with zero attached hydrogens (tertiary/aromatic N) is 3. The van der Waals surface area contributed by atoms with E-state index in [9.17, 15) is 14.4 Å². The number of ether oxygens (including phenoxy) is 1. The number of ketones is 1. The summed E-state index contributed by atoms with van der Waals surface area (Å²) in [7, 11) is 0. The quantitative estimate of drug-likeness (QED) is 0.564. The van der Waals surface area contributed by atoms with Gasteiger partial charge in [0.2, 0.25) is 0 Å². The minimum absolute atomic E-state index is 0.0881. The van der Waals surface area contributed by atoms with Gasteiger partial charge in [-0.2, -0.15) is 0 Å². The van der Waals surface area contributed by atoms with Crippen LogP contribution in [-0.4, -0.2) is 52.7 Å². The predicted octanol–water partition coefficient (Wildman–Crippen LogP) is 2.12. The molecule has 1 saturated heterocycles. The van der Waals surface area contributed by atoms with E-state index in [1.54, 1.807) is 11.5 Å². The number of aromatic nitrogens is 2. The van der Waals surface area contributed by atoms with Gasteiger partial charge in [-0.05, 0) is 25.0 Å². The molecule has 3 aromatic rings. The van der Waals surface area contributed by atoms with Crippen molar-refractivity contribution in [2.75, 3.05) is 32.8 Å². The molecule has 1 aliphatic rings. The number of rotatable bonds is 6. The third-order valence-corrected chi connectivity index (χ3v) is 6.96. The molecule has 8 heteroatoms. The van der Waals surface area contributed by atoms with Gasteiger partial charge in [0, 0.05) is 26.2 Å². The lowest BCUT2D eigenvalue weighted by Crippen LogP contribution is -2.43. The molecule has 30 heavy (non-hydrogen) atoms. The predicted molar refractivity (Wildman–Crippen MR) is 118 cm³/mol. The van der Waals surface area contributed by atoms with E-state index < -0.39 is 0 Å². The van der Waals surface area contributed by atoms with Crippen LogP contribution in [0.4, 0.5) is 0 Å². The molecule has 0 aliphatic carbocycles. The highest BCUT2D eigenvalue weighted by Crippen LogP contribution is 2.28. The maximum atomic E-state index is 13.4. The highest BCUT2D eigenvalue weighted by Gasteiger charge is 2.22. The number of benzene rings is 1. The minimum atomic E-state index is -0.332. The van der Waals surface area contributed by atoms with Crippen LogP contribution in [-0.2, 0) is 17.8 Å². The van der Waals surface area contributed by atoms with E-state index in [1.165, 1.54) is 22.8 Å². The number of hydrogen-bond donors (Lipinski definition) is 0. The molecule has 0 atom stereocenters. The zero-order valence-electron chi connectivity index (χ0n) is 17.2. The van der Waals surface area contributed by atoms with Crippen LogP contribution in [0.2, 0.25) is 0 Å². The number of carbonyl (C=O) groups is 1. The smallest absolute Gasteiger partial charge is 0.332 e. The Hall–Kier alpha value is -2.55. The van der Waals surface area contributed by atoms with E-state index in [0.717, 1.165) is 18.7 Å². The van der Waals surface area contributed by atoms with Crippen molar-refractivity contribution < 1.29 is 9.53 Å². The molecule has 0 spiro atoms.